The van der Waals surface area contributed by atoms with Gasteiger partial charge in [-0.1, -0.05) is 12.1 Å². The summed E-state index contributed by atoms with van der Waals surface area (Å²) in [4.78, 5) is 45.3. The number of hydrogen-bond acceptors (Lipinski definition) is 9. The molecule has 11 nitrogen and oxygen atoms in total. The monoisotopic (exact) mass is 587 g/mol. The average Bonchev–Trinajstić information content (AvgIpc) is 3.85. The van der Waals surface area contributed by atoms with Crippen LogP contribution in [0.25, 0.3) is 0 Å². The van der Waals surface area contributed by atoms with E-state index in [4.69, 9.17) is 5.73 Å². The van der Waals surface area contributed by atoms with E-state index in [9.17, 15) is 14.0 Å². The van der Waals surface area contributed by atoms with Crippen LogP contribution in [-0.4, -0.2) is 88.9 Å². The minimum Gasteiger partial charge on any atom is -0.364 e. The van der Waals surface area contributed by atoms with Gasteiger partial charge in [0.05, 0.1) is 11.8 Å². The lowest BCUT2D eigenvalue weighted by Gasteiger charge is -2.34. The summed E-state index contributed by atoms with van der Waals surface area (Å²) < 4.78 is 14.7. The van der Waals surface area contributed by atoms with Gasteiger partial charge >= 0.3 is 0 Å². The van der Waals surface area contributed by atoms with Crippen LogP contribution in [0.3, 0.4) is 0 Å². The van der Waals surface area contributed by atoms with E-state index < -0.39 is 17.6 Å². The number of nitrogens with zero attached hydrogens (tertiary/aromatic N) is 6. The number of carbonyl (C=O) groups is 2. The maximum absolute atomic E-state index is 14.7. The molecule has 43 heavy (non-hydrogen) atoms. The summed E-state index contributed by atoms with van der Waals surface area (Å²) >= 11 is 0. The highest BCUT2D eigenvalue weighted by molar-refractivity contribution is 5.96. The molecule has 3 aromatic rings. The summed E-state index contributed by atoms with van der Waals surface area (Å²) in [6.07, 6.45) is 7.03. The number of piperazine rings is 1. The van der Waals surface area contributed by atoms with E-state index in [1.165, 1.54) is 12.3 Å². The van der Waals surface area contributed by atoms with E-state index in [2.05, 4.69) is 42.4 Å². The molecule has 12 heteroatoms. The van der Waals surface area contributed by atoms with E-state index >= 15 is 0 Å². The minimum absolute atomic E-state index is 0.0130. The Morgan fingerprint density at radius 1 is 1.02 bits per heavy atom. The van der Waals surface area contributed by atoms with Crippen molar-refractivity contribution in [2.75, 3.05) is 56.5 Å². The average molecular weight is 588 g/mol. The number of rotatable bonds is 9. The zero-order valence-electron chi connectivity index (χ0n) is 24.4. The largest absolute Gasteiger partial charge is 0.364 e. The van der Waals surface area contributed by atoms with Gasteiger partial charge < -0.3 is 26.2 Å². The third-order valence-corrected chi connectivity index (χ3v) is 8.43. The van der Waals surface area contributed by atoms with Crippen molar-refractivity contribution >= 4 is 29.3 Å². The van der Waals surface area contributed by atoms with Crippen LogP contribution in [0, 0.1) is 5.82 Å². The number of hydrogen-bond donors (Lipinski definition) is 3. The molecule has 6 rings (SSSR count). The van der Waals surface area contributed by atoms with E-state index in [1.54, 1.807) is 6.07 Å². The molecule has 226 valence electrons. The first-order chi connectivity index (χ1) is 20.8. The molecule has 2 saturated heterocycles. The Morgan fingerprint density at radius 3 is 2.53 bits per heavy atom. The van der Waals surface area contributed by atoms with Crippen LogP contribution in [0.2, 0.25) is 0 Å². The van der Waals surface area contributed by atoms with Crippen LogP contribution >= 0.6 is 0 Å². The second-order valence-corrected chi connectivity index (χ2v) is 11.8. The molecule has 0 unspecified atom stereocenters. The zero-order chi connectivity index (χ0) is 29.9. The number of nitrogens with two attached hydrogens (primary N) is 1. The smallest absolute Gasteiger partial charge is 0.271 e. The maximum Gasteiger partial charge on any atom is 0.271 e. The van der Waals surface area contributed by atoms with Gasteiger partial charge in [-0.05, 0) is 68.0 Å². The molecular weight excluding hydrogens is 549 g/mol. The second-order valence-electron chi connectivity index (χ2n) is 11.8. The molecule has 2 aliphatic heterocycles. The van der Waals surface area contributed by atoms with Gasteiger partial charge in [-0.2, -0.15) is 0 Å². The van der Waals surface area contributed by atoms with Crippen molar-refractivity contribution in [1.82, 2.24) is 30.1 Å². The predicted octanol–water partition coefficient (Wildman–Crippen LogP) is 2.88. The first-order valence-corrected chi connectivity index (χ1v) is 15.0. The first-order valence-electron chi connectivity index (χ1n) is 15.0. The van der Waals surface area contributed by atoms with Crippen LogP contribution in [0.4, 0.5) is 21.8 Å². The van der Waals surface area contributed by atoms with Gasteiger partial charge in [0.2, 0.25) is 0 Å². The lowest BCUT2D eigenvalue weighted by molar-refractivity contribution is 0.0927. The Labute approximate surface area is 250 Å². The highest BCUT2D eigenvalue weighted by Crippen LogP contribution is 2.40. The molecule has 1 atom stereocenters. The van der Waals surface area contributed by atoms with Crippen molar-refractivity contribution in [1.29, 1.82) is 0 Å². The number of carbonyl (C=O) groups excluding carboxylic acids is 2. The summed E-state index contributed by atoms with van der Waals surface area (Å²) in [5, 5.41) is 6.10. The van der Waals surface area contributed by atoms with E-state index in [-0.39, 0.29) is 23.1 Å². The summed E-state index contributed by atoms with van der Waals surface area (Å²) in [6.45, 7) is 6.13. The quantitative estimate of drug-likeness (QED) is 0.346. The van der Waals surface area contributed by atoms with Gasteiger partial charge in [0.25, 0.3) is 11.8 Å². The molecular formula is C31H38FN9O2. The van der Waals surface area contributed by atoms with Crippen LogP contribution < -0.4 is 21.3 Å². The molecule has 3 fully saturated rings. The van der Waals surface area contributed by atoms with Crippen molar-refractivity contribution in [3.63, 3.8) is 0 Å². The first kappa shape index (κ1) is 28.9. The Bertz CT molecular complexity index is 1470. The van der Waals surface area contributed by atoms with Crippen LogP contribution in [-0.2, 0) is 6.54 Å². The molecule has 1 aromatic carbocycles. The number of halogens is 1. The van der Waals surface area contributed by atoms with Crippen molar-refractivity contribution in [2.45, 2.75) is 44.2 Å². The summed E-state index contributed by atoms with van der Waals surface area (Å²) in [7, 11) is 2.14. The van der Waals surface area contributed by atoms with Gasteiger partial charge in [0.1, 0.15) is 17.5 Å². The minimum atomic E-state index is -0.702. The Balaban J connectivity index is 1.11. The fourth-order valence-corrected chi connectivity index (χ4v) is 5.73. The Kier molecular flexibility index (Phi) is 8.48. The van der Waals surface area contributed by atoms with Gasteiger partial charge in [-0.25, -0.2) is 19.3 Å². The lowest BCUT2D eigenvalue weighted by atomic mass is 10.0. The highest BCUT2D eigenvalue weighted by atomic mass is 19.1. The molecule has 2 amide bonds. The third kappa shape index (κ3) is 7.08. The normalized spacial score (nSPS) is 19.7. The molecule has 4 heterocycles. The number of primary amides is 1. The molecule has 1 saturated carbocycles. The van der Waals surface area contributed by atoms with Crippen LogP contribution in [0.5, 0.6) is 0 Å². The molecule has 4 N–H and O–H groups in total. The number of piperidine rings is 1. The van der Waals surface area contributed by atoms with Crippen molar-refractivity contribution in [3.05, 3.63) is 70.9 Å². The van der Waals surface area contributed by atoms with Crippen molar-refractivity contribution in [3.8, 4) is 0 Å². The lowest BCUT2D eigenvalue weighted by Crippen LogP contribution is -2.48. The standard InChI is InChI=1S/C31H38FN9O2/c1-39-11-13-40(14-12-39)18-20-4-9-26(34-16-20)37-30-28(29(33)42)35-17-27(38-30)41-10-2-3-23(19-41)36-31(43)24-8-7-22(15-25(24)32)21-5-6-21/h4,7-9,15-17,21,23H,2-3,5-6,10-14,18-19H2,1H3,(H2,33,42)(H,36,43)(H,34,37,38)/t23-/m1/s1. The molecule has 1 aliphatic carbocycles. The molecule has 2 aromatic heterocycles. The van der Waals surface area contributed by atoms with Gasteiger partial charge in [-0.15, -0.1) is 0 Å². The number of amides is 2. The zero-order valence-corrected chi connectivity index (χ0v) is 24.4. The highest BCUT2D eigenvalue weighted by Gasteiger charge is 2.27. The Morgan fingerprint density at radius 2 is 1.84 bits per heavy atom. The van der Waals surface area contributed by atoms with Crippen LogP contribution in [0.15, 0.2) is 42.7 Å². The molecule has 0 spiro atoms. The summed E-state index contributed by atoms with van der Waals surface area (Å²) in [5.74, 6) is 0.0838. The predicted molar refractivity (Wildman–Crippen MR) is 162 cm³/mol. The molecule has 3 aliphatic rings. The van der Waals surface area contributed by atoms with E-state index in [1.807, 2.05) is 29.3 Å². The van der Waals surface area contributed by atoms with Gasteiger partial charge in [-0.3, -0.25) is 14.5 Å². The summed E-state index contributed by atoms with van der Waals surface area (Å²) in [5.41, 5.74) is 7.73. The fourth-order valence-electron chi connectivity index (χ4n) is 5.73. The number of likely N-dealkylation sites (N-methyl/N-ethyl adjacent to an activating group) is 1. The summed E-state index contributed by atoms with van der Waals surface area (Å²) in [6, 6.07) is 8.58. The number of aromatic nitrogens is 3. The van der Waals surface area contributed by atoms with Crippen molar-refractivity contribution < 1.29 is 14.0 Å². The number of pyridine rings is 1. The topological polar surface area (TPSA) is 133 Å². The fraction of sp³-hybridized carbons (Fsp3) is 0.452. The third-order valence-electron chi connectivity index (χ3n) is 8.43. The molecule has 0 radical (unpaired) electrons. The molecule has 0 bridgehead atoms. The SMILES string of the molecule is CN1CCN(Cc2ccc(Nc3nc(N4CCC[C@@H](NC(=O)c5ccc(C6CC6)cc5F)C4)cnc3C(N)=O)nc2)CC1. The van der Waals surface area contributed by atoms with Gasteiger partial charge in [0, 0.05) is 58.1 Å². The van der Waals surface area contributed by atoms with Crippen molar-refractivity contribution in [2.24, 2.45) is 5.73 Å². The van der Waals surface area contributed by atoms with E-state index in [0.29, 0.717) is 30.6 Å². The van der Waals surface area contributed by atoms with Gasteiger partial charge in [0.15, 0.2) is 11.5 Å². The maximum atomic E-state index is 14.7. The Hall–Kier alpha value is -4.16. The second kappa shape index (κ2) is 12.6. The van der Waals surface area contributed by atoms with Crippen LogP contribution in [0.1, 0.15) is 63.6 Å². The number of nitrogens with one attached hydrogen (secondary N) is 2. The number of anilines is 3. The number of benzene rings is 1. The van der Waals surface area contributed by atoms with E-state index in [0.717, 1.165) is 69.5 Å².